The fourth-order valence-corrected chi connectivity index (χ4v) is 2.08. The molecule has 1 fully saturated rings. The van der Waals surface area contributed by atoms with Crippen molar-refractivity contribution in [3.05, 3.63) is 17.4 Å². The number of phenolic OH excluding ortho intramolecular Hbond substituents is 1. The minimum Gasteiger partial charge on any atom is -0.505 e. The first-order valence-electron chi connectivity index (χ1n) is 5.68. The quantitative estimate of drug-likeness (QED) is 0.842. The Morgan fingerprint density at radius 3 is 2.88 bits per heavy atom. The van der Waals surface area contributed by atoms with Crippen LogP contribution in [-0.2, 0) is 6.42 Å². The third-order valence-corrected chi connectivity index (χ3v) is 3.45. The molecule has 1 saturated carbocycles. The number of aromatic hydroxyl groups is 1. The van der Waals surface area contributed by atoms with Gasteiger partial charge >= 0.3 is 0 Å². The van der Waals surface area contributed by atoms with Gasteiger partial charge in [-0.05, 0) is 25.7 Å². The van der Waals surface area contributed by atoms with Gasteiger partial charge in [-0.1, -0.05) is 0 Å². The molecular weight excluding hydrogens is 225 g/mol. The van der Waals surface area contributed by atoms with E-state index in [1.807, 2.05) is 0 Å². The van der Waals surface area contributed by atoms with E-state index in [9.17, 15) is 9.50 Å². The van der Waals surface area contributed by atoms with Crippen molar-refractivity contribution in [2.45, 2.75) is 31.2 Å². The zero-order chi connectivity index (χ0) is 12.0. The van der Waals surface area contributed by atoms with Gasteiger partial charge < -0.3 is 20.3 Å². The lowest BCUT2D eigenvalue weighted by Gasteiger charge is -2.12. The highest BCUT2D eigenvalue weighted by molar-refractivity contribution is 5.55. The molecule has 0 atom stereocenters. The molecule has 0 spiro atoms. The van der Waals surface area contributed by atoms with Crippen molar-refractivity contribution in [1.82, 2.24) is 0 Å². The number of rotatable bonds is 3. The smallest absolute Gasteiger partial charge is 0.231 e. The minimum atomic E-state index is -0.675. The molecule has 2 aliphatic rings. The standard InChI is InChI=1S/C12H14FNO3/c13-8-5-9-11(17-6-16-9)7(10(8)15)1-2-12(14)3-4-12/h5,15H,1-4,6,14H2. The molecule has 3 N–H and O–H groups in total. The fraction of sp³-hybridized carbons (Fsp3) is 0.500. The van der Waals surface area contributed by atoms with Gasteiger partial charge in [0.25, 0.3) is 0 Å². The second kappa shape index (κ2) is 3.50. The highest BCUT2D eigenvalue weighted by Crippen LogP contribution is 2.45. The van der Waals surface area contributed by atoms with E-state index in [0.717, 1.165) is 25.3 Å². The number of hydrogen-bond acceptors (Lipinski definition) is 4. The largest absolute Gasteiger partial charge is 0.505 e. The Morgan fingerprint density at radius 1 is 1.41 bits per heavy atom. The monoisotopic (exact) mass is 239 g/mol. The number of ether oxygens (including phenoxy) is 2. The number of nitrogens with two attached hydrogens (primary N) is 1. The molecule has 0 unspecified atom stereocenters. The predicted octanol–water partition coefficient (Wildman–Crippen LogP) is 1.68. The fourth-order valence-electron chi connectivity index (χ4n) is 2.08. The molecule has 1 aromatic carbocycles. The van der Waals surface area contributed by atoms with Crippen LogP contribution in [0.4, 0.5) is 4.39 Å². The van der Waals surface area contributed by atoms with E-state index < -0.39 is 5.82 Å². The molecule has 0 saturated heterocycles. The van der Waals surface area contributed by atoms with Crippen LogP contribution in [0.5, 0.6) is 17.2 Å². The van der Waals surface area contributed by atoms with E-state index in [1.54, 1.807) is 0 Å². The second-order valence-electron chi connectivity index (χ2n) is 4.78. The van der Waals surface area contributed by atoms with Gasteiger partial charge in [0.2, 0.25) is 6.79 Å². The summed E-state index contributed by atoms with van der Waals surface area (Å²) in [6.07, 6.45) is 3.21. The Kier molecular flexibility index (Phi) is 2.19. The van der Waals surface area contributed by atoms with Crippen LogP contribution in [-0.4, -0.2) is 17.4 Å². The lowest BCUT2D eigenvalue weighted by atomic mass is 10.0. The molecule has 1 aliphatic carbocycles. The summed E-state index contributed by atoms with van der Waals surface area (Å²) >= 11 is 0. The molecule has 1 heterocycles. The number of fused-ring (bicyclic) bond motifs is 1. The highest BCUT2D eigenvalue weighted by Gasteiger charge is 2.38. The van der Waals surface area contributed by atoms with Crippen LogP contribution < -0.4 is 15.2 Å². The lowest BCUT2D eigenvalue weighted by Crippen LogP contribution is -2.22. The van der Waals surface area contributed by atoms with Crippen molar-refractivity contribution in [1.29, 1.82) is 0 Å². The number of phenols is 1. The first-order chi connectivity index (χ1) is 8.09. The number of hydrogen-bond donors (Lipinski definition) is 2. The van der Waals surface area contributed by atoms with Crippen molar-refractivity contribution >= 4 is 0 Å². The van der Waals surface area contributed by atoms with E-state index in [0.29, 0.717) is 23.5 Å². The Balaban J connectivity index is 1.91. The van der Waals surface area contributed by atoms with Gasteiger partial charge in [0, 0.05) is 17.2 Å². The van der Waals surface area contributed by atoms with Crippen LogP contribution in [0.15, 0.2) is 6.07 Å². The normalized spacial score (nSPS) is 19.4. The Bertz CT molecular complexity index is 471. The molecule has 0 bridgehead atoms. The SMILES string of the molecule is NC1(CCc2c(O)c(F)cc3c2OCO3)CC1. The van der Waals surface area contributed by atoms with Crippen LogP contribution >= 0.6 is 0 Å². The maximum Gasteiger partial charge on any atom is 0.231 e. The molecule has 0 aromatic heterocycles. The van der Waals surface area contributed by atoms with E-state index in [4.69, 9.17) is 15.2 Å². The van der Waals surface area contributed by atoms with E-state index in [-0.39, 0.29) is 18.1 Å². The van der Waals surface area contributed by atoms with Crippen LogP contribution in [0.1, 0.15) is 24.8 Å². The third-order valence-electron chi connectivity index (χ3n) is 3.45. The highest BCUT2D eigenvalue weighted by atomic mass is 19.1. The molecule has 3 rings (SSSR count). The first-order valence-corrected chi connectivity index (χ1v) is 5.68. The Morgan fingerprint density at radius 2 is 2.18 bits per heavy atom. The second-order valence-corrected chi connectivity index (χ2v) is 4.78. The van der Waals surface area contributed by atoms with Crippen LogP contribution in [0.2, 0.25) is 0 Å². The molecule has 5 heteroatoms. The summed E-state index contributed by atoms with van der Waals surface area (Å²) in [4.78, 5) is 0. The topological polar surface area (TPSA) is 64.7 Å². The molecular formula is C12H14FNO3. The molecule has 17 heavy (non-hydrogen) atoms. The summed E-state index contributed by atoms with van der Waals surface area (Å²) in [6.45, 7) is 0.0684. The zero-order valence-electron chi connectivity index (χ0n) is 9.33. The average Bonchev–Trinajstić information content (AvgIpc) is 2.85. The van der Waals surface area contributed by atoms with Crippen molar-refractivity contribution < 1.29 is 19.0 Å². The van der Waals surface area contributed by atoms with E-state index >= 15 is 0 Å². The van der Waals surface area contributed by atoms with Crippen LogP contribution in [0.25, 0.3) is 0 Å². The minimum absolute atomic E-state index is 0.0684. The van der Waals surface area contributed by atoms with Crippen molar-refractivity contribution in [3.8, 4) is 17.2 Å². The van der Waals surface area contributed by atoms with Gasteiger partial charge in [0.15, 0.2) is 23.1 Å². The molecule has 0 amide bonds. The van der Waals surface area contributed by atoms with Crippen molar-refractivity contribution in [2.24, 2.45) is 5.73 Å². The summed E-state index contributed by atoms with van der Waals surface area (Å²) < 4.78 is 23.8. The number of halogens is 1. The van der Waals surface area contributed by atoms with Gasteiger partial charge in [-0.3, -0.25) is 0 Å². The van der Waals surface area contributed by atoms with Gasteiger partial charge in [0.1, 0.15) is 0 Å². The summed E-state index contributed by atoms with van der Waals surface area (Å²) in [6, 6.07) is 1.15. The number of benzene rings is 1. The maximum atomic E-state index is 13.5. The molecule has 1 aromatic rings. The Labute approximate surface area is 98.1 Å². The first kappa shape index (κ1) is 10.7. The predicted molar refractivity (Wildman–Crippen MR) is 58.7 cm³/mol. The summed E-state index contributed by atoms with van der Waals surface area (Å²) in [5, 5.41) is 9.73. The van der Waals surface area contributed by atoms with Gasteiger partial charge in [-0.15, -0.1) is 0 Å². The van der Waals surface area contributed by atoms with Crippen molar-refractivity contribution in [3.63, 3.8) is 0 Å². The Hall–Kier alpha value is -1.49. The van der Waals surface area contributed by atoms with Gasteiger partial charge in [-0.2, -0.15) is 0 Å². The van der Waals surface area contributed by atoms with Crippen molar-refractivity contribution in [2.75, 3.05) is 6.79 Å². The summed E-state index contributed by atoms with van der Waals surface area (Å²) in [7, 11) is 0. The summed E-state index contributed by atoms with van der Waals surface area (Å²) in [5.41, 5.74) is 6.31. The molecule has 4 nitrogen and oxygen atoms in total. The van der Waals surface area contributed by atoms with Gasteiger partial charge in [-0.25, -0.2) is 4.39 Å². The summed E-state index contributed by atoms with van der Waals surface area (Å²) in [5.74, 6) is -0.213. The maximum absolute atomic E-state index is 13.5. The molecule has 1 aliphatic heterocycles. The molecule has 0 radical (unpaired) electrons. The lowest BCUT2D eigenvalue weighted by molar-refractivity contribution is 0.173. The molecule has 92 valence electrons. The van der Waals surface area contributed by atoms with Gasteiger partial charge in [0.05, 0.1) is 0 Å². The average molecular weight is 239 g/mol. The van der Waals surface area contributed by atoms with Crippen LogP contribution in [0.3, 0.4) is 0 Å². The third kappa shape index (κ3) is 1.80. The van der Waals surface area contributed by atoms with E-state index in [1.165, 1.54) is 0 Å². The van der Waals surface area contributed by atoms with Crippen LogP contribution in [0, 0.1) is 5.82 Å². The zero-order valence-corrected chi connectivity index (χ0v) is 9.33. The van der Waals surface area contributed by atoms with E-state index in [2.05, 4.69) is 0 Å².